The second-order valence-corrected chi connectivity index (χ2v) is 4.51. The number of carbonyl (C=O) groups excluding carboxylic acids is 1. The van der Waals surface area contributed by atoms with Crippen LogP contribution in [0, 0.1) is 5.92 Å². The van der Waals surface area contributed by atoms with Gasteiger partial charge in [-0.05, 0) is 24.5 Å². The van der Waals surface area contributed by atoms with E-state index < -0.39 is 5.91 Å². The van der Waals surface area contributed by atoms with Crippen molar-refractivity contribution in [3.05, 3.63) is 17.8 Å². The smallest absolute Gasteiger partial charge is 0.267 e. The molecule has 92 valence electrons. The van der Waals surface area contributed by atoms with Crippen molar-refractivity contribution in [3.8, 4) is 0 Å². The maximum Gasteiger partial charge on any atom is 0.267 e. The normalized spacial score (nSPS) is 15.3. The van der Waals surface area contributed by atoms with Crippen molar-refractivity contribution < 1.29 is 4.79 Å². The van der Waals surface area contributed by atoms with Gasteiger partial charge in [-0.15, -0.1) is 0 Å². The molecule has 1 aliphatic carbocycles. The van der Waals surface area contributed by atoms with Crippen molar-refractivity contribution in [1.82, 2.24) is 4.98 Å². The van der Waals surface area contributed by atoms with Crippen LogP contribution in [0.1, 0.15) is 36.2 Å². The summed E-state index contributed by atoms with van der Waals surface area (Å²) in [5.74, 6) is 0.857. The lowest BCUT2D eigenvalue weighted by Crippen LogP contribution is -2.18. The highest BCUT2D eigenvalue weighted by Crippen LogP contribution is 2.29. The molecule has 1 saturated carbocycles. The Kier molecular flexibility index (Phi) is 3.46. The molecule has 0 unspecified atom stereocenters. The van der Waals surface area contributed by atoms with Crippen LogP contribution in [-0.4, -0.2) is 17.4 Å². The third kappa shape index (κ3) is 2.87. The molecule has 17 heavy (non-hydrogen) atoms. The van der Waals surface area contributed by atoms with Gasteiger partial charge < -0.3 is 16.8 Å². The van der Waals surface area contributed by atoms with Crippen molar-refractivity contribution in [1.29, 1.82) is 0 Å². The third-order valence-electron chi connectivity index (χ3n) is 3.25. The van der Waals surface area contributed by atoms with Gasteiger partial charge in [-0.1, -0.05) is 19.3 Å². The fourth-order valence-corrected chi connectivity index (χ4v) is 1.92. The van der Waals surface area contributed by atoms with Crippen molar-refractivity contribution in [2.24, 2.45) is 11.7 Å². The molecule has 5 N–H and O–H groups in total. The number of nitrogens with one attached hydrogen (secondary N) is 1. The zero-order valence-electron chi connectivity index (χ0n) is 9.78. The molecule has 5 nitrogen and oxygen atoms in total. The lowest BCUT2D eigenvalue weighted by atomic mass is 9.83. The number of aromatic nitrogens is 1. The van der Waals surface area contributed by atoms with Gasteiger partial charge >= 0.3 is 0 Å². The summed E-state index contributed by atoms with van der Waals surface area (Å²) in [6.45, 7) is 0.837. The largest absolute Gasteiger partial charge is 0.396 e. The highest BCUT2D eigenvalue weighted by atomic mass is 16.1. The maximum atomic E-state index is 11.0. The zero-order valence-corrected chi connectivity index (χ0v) is 9.78. The van der Waals surface area contributed by atoms with Crippen LogP contribution in [0.25, 0.3) is 0 Å². The van der Waals surface area contributed by atoms with Gasteiger partial charge in [0, 0.05) is 6.54 Å². The minimum absolute atomic E-state index is 0.241. The molecule has 1 aromatic rings. The second-order valence-electron chi connectivity index (χ2n) is 4.51. The molecule has 1 amide bonds. The van der Waals surface area contributed by atoms with Gasteiger partial charge in [0.1, 0.15) is 11.5 Å². The summed E-state index contributed by atoms with van der Waals surface area (Å²) in [5, 5.41) is 3.16. The van der Waals surface area contributed by atoms with Crippen molar-refractivity contribution >= 4 is 17.4 Å². The lowest BCUT2D eigenvalue weighted by molar-refractivity contribution is 0.0996. The Hall–Kier alpha value is -1.78. The highest BCUT2D eigenvalue weighted by molar-refractivity contribution is 5.91. The minimum Gasteiger partial charge on any atom is -0.396 e. The molecular weight excluding hydrogens is 216 g/mol. The number of amides is 1. The van der Waals surface area contributed by atoms with Gasteiger partial charge in [0.05, 0.1) is 5.69 Å². The molecule has 0 aliphatic heterocycles. The first-order valence-electron chi connectivity index (χ1n) is 5.97. The van der Waals surface area contributed by atoms with E-state index in [1.807, 2.05) is 0 Å². The Balaban J connectivity index is 1.93. The Morgan fingerprint density at radius 3 is 2.82 bits per heavy atom. The van der Waals surface area contributed by atoms with Crippen molar-refractivity contribution in [2.75, 3.05) is 17.6 Å². The molecule has 0 atom stereocenters. The highest BCUT2D eigenvalue weighted by Gasteiger charge is 2.16. The van der Waals surface area contributed by atoms with E-state index in [1.54, 1.807) is 6.07 Å². The first-order valence-corrected chi connectivity index (χ1v) is 5.97. The molecular formula is C12H18N4O. The number of hydrogen-bond acceptors (Lipinski definition) is 4. The van der Waals surface area contributed by atoms with Crippen LogP contribution in [0.5, 0.6) is 0 Å². The fraction of sp³-hybridized carbons (Fsp3) is 0.500. The predicted molar refractivity (Wildman–Crippen MR) is 67.6 cm³/mol. The van der Waals surface area contributed by atoms with E-state index in [2.05, 4.69) is 10.3 Å². The first kappa shape index (κ1) is 11.7. The van der Waals surface area contributed by atoms with Crippen LogP contribution < -0.4 is 16.8 Å². The SMILES string of the molecule is NC(=O)c1ccc(N)c(NCCC2CCC2)n1. The van der Waals surface area contributed by atoms with Gasteiger partial charge in [-0.2, -0.15) is 0 Å². The number of rotatable bonds is 5. The molecule has 2 rings (SSSR count). The molecule has 0 aromatic carbocycles. The van der Waals surface area contributed by atoms with Crippen LogP contribution >= 0.6 is 0 Å². The molecule has 0 saturated heterocycles. The number of anilines is 2. The van der Waals surface area contributed by atoms with E-state index in [0.29, 0.717) is 11.5 Å². The van der Waals surface area contributed by atoms with Crippen LogP contribution in [0.15, 0.2) is 12.1 Å². The van der Waals surface area contributed by atoms with Gasteiger partial charge in [0.2, 0.25) is 0 Å². The second kappa shape index (κ2) is 5.03. The van der Waals surface area contributed by atoms with Gasteiger partial charge in [0.25, 0.3) is 5.91 Å². The molecule has 1 aromatic heterocycles. The van der Waals surface area contributed by atoms with E-state index in [0.717, 1.165) is 18.9 Å². The molecule has 0 bridgehead atoms. The lowest BCUT2D eigenvalue weighted by Gasteiger charge is -2.25. The Morgan fingerprint density at radius 2 is 2.24 bits per heavy atom. The topological polar surface area (TPSA) is 94.0 Å². The van der Waals surface area contributed by atoms with Crippen molar-refractivity contribution in [2.45, 2.75) is 25.7 Å². The number of pyridine rings is 1. The van der Waals surface area contributed by atoms with E-state index >= 15 is 0 Å². The molecule has 0 radical (unpaired) electrons. The number of hydrogen-bond donors (Lipinski definition) is 3. The molecule has 1 aliphatic rings. The Labute approximate surface area is 101 Å². The summed E-state index contributed by atoms with van der Waals surface area (Å²) >= 11 is 0. The van der Waals surface area contributed by atoms with E-state index in [9.17, 15) is 4.79 Å². The van der Waals surface area contributed by atoms with Crippen LogP contribution in [0.4, 0.5) is 11.5 Å². The first-order chi connectivity index (χ1) is 8.16. The fourth-order valence-electron chi connectivity index (χ4n) is 1.92. The molecule has 1 heterocycles. The maximum absolute atomic E-state index is 11.0. The van der Waals surface area contributed by atoms with Gasteiger partial charge in [0.15, 0.2) is 0 Å². The Bertz CT molecular complexity index is 415. The Morgan fingerprint density at radius 1 is 1.47 bits per heavy atom. The van der Waals surface area contributed by atoms with Crippen LogP contribution in [0.3, 0.4) is 0 Å². The van der Waals surface area contributed by atoms with Crippen LogP contribution in [0.2, 0.25) is 0 Å². The number of nitrogens with zero attached hydrogens (tertiary/aromatic N) is 1. The van der Waals surface area contributed by atoms with E-state index in [4.69, 9.17) is 11.5 Å². The molecule has 5 heteroatoms. The van der Waals surface area contributed by atoms with E-state index in [1.165, 1.54) is 25.3 Å². The zero-order chi connectivity index (χ0) is 12.3. The average Bonchev–Trinajstić information content (AvgIpc) is 2.23. The number of nitrogens with two attached hydrogens (primary N) is 2. The summed E-state index contributed by atoms with van der Waals surface area (Å²) in [7, 11) is 0. The monoisotopic (exact) mass is 234 g/mol. The summed E-state index contributed by atoms with van der Waals surface area (Å²) in [5.41, 5.74) is 11.7. The molecule has 0 spiro atoms. The third-order valence-corrected chi connectivity index (χ3v) is 3.25. The standard InChI is InChI=1S/C12H18N4O/c13-9-4-5-10(11(14)17)16-12(9)15-7-6-8-2-1-3-8/h4-5,8H,1-3,6-7,13H2,(H2,14,17)(H,15,16). The summed E-state index contributed by atoms with van der Waals surface area (Å²) in [6, 6.07) is 3.19. The summed E-state index contributed by atoms with van der Waals surface area (Å²) in [4.78, 5) is 15.1. The summed E-state index contributed by atoms with van der Waals surface area (Å²) in [6.07, 6.45) is 5.13. The van der Waals surface area contributed by atoms with Gasteiger partial charge in [-0.25, -0.2) is 4.98 Å². The molecule has 1 fully saturated rings. The predicted octanol–water partition coefficient (Wildman–Crippen LogP) is 1.36. The number of carbonyl (C=O) groups is 1. The average molecular weight is 234 g/mol. The van der Waals surface area contributed by atoms with Crippen LogP contribution in [-0.2, 0) is 0 Å². The number of nitrogen functional groups attached to an aromatic ring is 1. The van der Waals surface area contributed by atoms with Crippen molar-refractivity contribution in [3.63, 3.8) is 0 Å². The van der Waals surface area contributed by atoms with Gasteiger partial charge in [-0.3, -0.25) is 4.79 Å². The number of primary amides is 1. The summed E-state index contributed by atoms with van der Waals surface area (Å²) < 4.78 is 0. The minimum atomic E-state index is -0.535. The van der Waals surface area contributed by atoms with E-state index in [-0.39, 0.29) is 5.69 Å². The quantitative estimate of drug-likeness (QED) is 0.717.